The number of hydrogen-bond acceptors (Lipinski definition) is 4. The van der Waals surface area contributed by atoms with E-state index in [1.54, 1.807) is 23.8 Å². The maximum absolute atomic E-state index is 11.0. The molecule has 0 bridgehead atoms. The highest BCUT2D eigenvalue weighted by atomic mass is 32.1. The summed E-state index contributed by atoms with van der Waals surface area (Å²) in [5.41, 5.74) is 0.596. The summed E-state index contributed by atoms with van der Waals surface area (Å²) in [6.45, 7) is 2.00. The molecule has 0 fully saturated rings. The van der Waals surface area contributed by atoms with Gasteiger partial charge in [-0.15, -0.1) is 0 Å². The SMILES string of the molecule is CCOC(=O)[C@H](O)c1ccsc1. The number of thiophene rings is 1. The molecular formula is C8H10O3S. The van der Waals surface area contributed by atoms with E-state index >= 15 is 0 Å². The number of carbonyl (C=O) groups is 1. The Bertz CT molecular complexity index is 243. The first-order valence-electron chi connectivity index (χ1n) is 3.62. The van der Waals surface area contributed by atoms with E-state index in [-0.39, 0.29) is 0 Å². The second-order valence-electron chi connectivity index (χ2n) is 2.21. The van der Waals surface area contributed by atoms with Crippen LogP contribution >= 0.6 is 11.3 Å². The molecule has 1 atom stereocenters. The molecule has 0 aliphatic heterocycles. The van der Waals surface area contributed by atoms with Crippen LogP contribution in [0.1, 0.15) is 18.6 Å². The molecular weight excluding hydrogens is 176 g/mol. The lowest BCUT2D eigenvalue weighted by Gasteiger charge is -2.06. The normalized spacial score (nSPS) is 12.5. The van der Waals surface area contributed by atoms with Crippen LogP contribution in [-0.2, 0) is 9.53 Å². The monoisotopic (exact) mass is 186 g/mol. The van der Waals surface area contributed by atoms with E-state index in [0.29, 0.717) is 12.2 Å². The van der Waals surface area contributed by atoms with Crippen molar-refractivity contribution >= 4 is 17.3 Å². The Kier molecular flexibility index (Phi) is 3.25. The predicted molar refractivity (Wildman–Crippen MR) is 45.9 cm³/mol. The van der Waals surface area contributed by atoms with Gasteiger partial charge in [0.2, 0.25) is 0 Å². The lowest BCUT2D eigenvalue weighted by molar-refractivity contribution is -0.153. The van der Waals surface area contributed by atoms with Crippen molar-refractivity contribution in [1.82, 2.24) is 0 Å². The fourth-order valence-electron chi connectivity index (χ4n) is 0.788. The second kappa shape index (κ2) is 4.23. The molecule has 0 radical (unpaired) electrons. The molecule has 0 saturated carbocycles. The highest BCUT2D eigenvalue weighted by Gasteiger charge is 2.18. The lowest BCUT2D eigenvalue weighted by Crippen LogP contribution is -2.14. The first-order valence-corrected chi connectivity index (χ1v) is 4.56. The molecule has 0 spiro atoms. The zero-order chi connectivity index (χ0) is 8.97. The summed E-state index contributed by atoms with van der Waals surface area (Å²) >= 11 is 1.44. The molecule has 66 valence electrons. The Labute approximate surface area is 74.6 Å². The number of aliphatic hydroxyl groups is 1. The van der Waals surface area contributed by atoms with E-state index in [2.05, 4.69) is 4.74 Å². The molecule has 1 aromatic rings. The summed E-state index contributed by atoms with van der Waals surface area (Å²) in [6.07, 6.45) is -1.13. The van der Waals surface area contributed by atoms with Crippen LogP contribution in [0.2, 0.25) is 0 Å². The van der Waals surface area contributed by atoms with Gasteiger partial charge in [-0.2, -0.15) is 11.3 Å². The van der Waals surface area contributed by atoms with Gasteiger partial charge in [0.05, 0.1) is 6.61 Å². The molecule has 1 N–H and O–H groups in total. The highest BCUT2D eigenvalue weighted by molar-refractivity contribution is 7.08. The van der Waals surface area contributed by atoms with E-state index < -0.39 is 12.1 Å². The lowest BCUT2D eigenvalue weighted by atomic mass is 10.2. The molecule has 1 aromatic heterocycles. The molecule has 4 heteroatoms. The maximum Gasteiger partial charge on any atom is 0.339 e. The topological polar surface area (TPSA) is 46.5 Å². The molecule has 1 heterocycles. The maximum atomic E-state index is 11.0. The van der Waals surface area contributed by atoms with Crippen molar-refractivity contribution < 1.29 is 14.6 Å². The zero-order valence-electron chi connectivity index (χ0n) is 6.69. The van der Waals surface area contributed by atoms with E-state index in [4.69, 9.17) is 0 Å². The minimum Gasteiger partial charge on any atom is -0.464 e. The van der Waals surface area contributed by atoms with Gasteiger partial charge >= 0.3 is 5.97 Å². The molecule has 0 aromatic carbocycles. The summed E-state index contributed by atoms with van der Waals surface area (Å²) in [4.78, 5) is 11.0. The summed E-state index contributed by atoms with van der Waals surface area (Å²) in [5.74, 6) is -0.587. The third-order valence-corrected chi connectivity index (χ3v) is 2.07. The first-order chi connectivity index (χ1) is 5.75. The molecule has 1 rings (SSSR count). The standard InChI is InChI=1S/C8H10O3S/c1-2-11-8(10)7(9)6-3-4-12-5-6/h3-5,7,9H,2H2,1H3/t7-/m1/s1. The minimum atomic E-state index is -1.13. The van der Waals surface area contributed by atoms with Crippen LogP contribution < -0.4 is 0 Å². The summed E-state index contributed by atoms with van der Waals surface area (Å²) in [5, 5.41) is 12.9. The van der Waals surface area contributed by atoms with Crippen LogP contribution in [0.4, 0.5) is 0 Å². The van der Waals surface area contributed by atoms with Crippen LogP contribution in [0.5, 0.6) is 0 Å². The fraction of sp³-hybridized carbons (Fsp3) is 0.375. The molecule has 12 heavy (non-hydrogen) atoms. The highest BCUT2D eigenvalue weighted by Crippen LogP contribution is 2.16. The summed E-state index contributed by atoms with van der Waals surface area (Å²) in [6, 6.07) is 1.70. The fourth-order valence-corrected chi connectivity index (χ4v) is 1.47. The summed E-state index contributed by atoms with van der Waals surface area (Å²) < 4.78 is 4.64. The molecule has 0 aliphatic rings. The Morgan fingerprint density at radius 2 is 2.58 bits per heavy atom. The number of ether oxygens (including phenoxy) is 1. The number of carbonyl (C=O) groups excluding carboxylic acids is 1. The van der Waals surface area contributed by atoms with Crippen LogP contribution in [0.15, 0.2) is 16.8 Å². The van der Waals surface area contributed by atoms with Crippen LogP contribution in [0.25, 0.3) is 0 Å². The van der Waals surface area contributed by atoms with Crippen molar-refractivity contribution in [3.63, 3.8) is 0 Å². The summed E-state index contributed by atoms with van der Waals surface area (Å²) in [7, 11) is 0. The van der Waals surface area contributed by atoms with E-state index in [1.807, 2.05) is 0 Å². The van der Waals surface area contributed by atoms with Gasteiger partial charge in [-0.1, -0.05) is 0 Å². The van der Waals surface area contributed by atoms with Crippen molar-refractivity contribution in [2.45, 2.75) is 13.0 Å². The average molecular weight is 186 g/mol. The Balaban J connectivity index is 2.59. The number of esters is 1. The molecule has 3 nitrogen and oxygen atoms in total. The van der Waals surface area contributed by atoms with Gasteiger partial charge in [-0.3, -0.25) is 0 Å². The number of aliphatic hydroxyl groups excluding tert-OH is 1. The smallest absolute Gasteiger partial charge is 0.339 e. The quantitative estimate of drug-likeness (QED) is 0.725. The van der Waals surface area contributed by atoms with Crippen LogP contribution in [0.3, 0.4) is 0 Å². The first kappa shape index (κ1) is 9.22. The average Bonchev–Trinajstić information content (AvgIpc) is 2.55. The van der Waals surface area contributed by atoms with Gasteiger partial charge in [0, 0.05) is 5.56 Å². The zero-order valence-corrected chi connectivity index (χ0v) is 7.50. The van der Waals surface area contributed by atoms with Gasteiger partial charge in [-0.05, 0) is 23.8 Å². The van der Waals surface area contributed by atoms with Crippen LogP contribution in [-0.4, -0.2) is 17.7 Å². The van der Waals surface area contributed by atoms with Gasteiger partial charge in [0.1, 0.15) is 0 Å². The largest absolute Gasteiger partial charge is 0.464 e. The molecule has 0 unspecified atom stereocenters. The van der Waals surface area contributed by atoms with Crippen molar-refractivity contribution in [2.24, 2.45) is 0 Å². The van der Waals surface area contributed by atoms with E-state index in [9.17, 15) is 9.90 Å². The van der Waals surface area contributed by atoms with Gasteiger partial charge < -0.3 is 9.84 Å². The van der Waals surface area contributed by atoms with E-state index in [1.165, 1.54) is 11.3 Å². The number of hydrogen-bond donors (Lipinski definition) is 1. The second-order valence-corrected chi connectivity index (χ2v) is 2.99. The third-order valence-electron chi connectivity index (χ3n) is 1.37. The van der Waals surface area contributed by atoms with Gasteiger partial charge in [0.15, 0.2) is 6.10 Å². The van der Waals surface area contributed by atoms with Gasteiger partial charge in [0.25, 0.3) is 0 Å². The Hall–Kier alpha value is -0.870. The van der Waals surface area contributed by atoms with Crippen LogP contribution in [0, 0.1) is 0 Å². The third kappa shape index (κ3) is 2.06. The predicted octanol–water partition coefficient (Wildman–Crippen LogP) is 1.34. The van der Waals surface area contributed by atoms with Crippen molar-refractivity contribution in [2.75, 3.05) is 6.61 Å². The number of rotatable bonds is 3. The Morgan fingerprint density at radius 1 is 1.83 bits per heavy atom. The minimum absolute atomic E-state index is 0.292. The van der Waals surface area contributed by atoms with Crippen molar-refractivity contribution in [3.05, 3.63) is 22.4 Å². The van der Waals surface area contributed by atoms with E-state index in [0.717, 1.165) is 0 Å². The van der Waals surface area contributed by atoms with Gasteiger partial charge in [-0.25, -0.2) is 4.79 Å². The Morgan fingerprint density at radius 3 is 3.08 bits per heavy atom. The molecule has 0 saturated heterocycles. The van der Waals surface area contributed by atoms with Crippen molar-refractivity contribution in [1.29, 1.82) is 0 Å². The molecule has 0 aliphatic carbocycles. The van der Waals surface area contributed by atoms with Crippen molar-refractivity contribution in [3.8, 4) is 0 Å². The molecule has 0 amide bonds.